The minimum absolute atomic E-state index is 0.0936. The zero-order valence-electron chi connectivity index (χ0n) is 14.7. The number of imide groups is 1. The molecule has 2 N–H and O–H groups in total. The fourth-order valence-electron chi connectivity index (χ4n) is 3.07. The molecular weight excluding hydrogens is 420 g/mol. The lowest BCUT2D eigenvalue weighted by Crippen LogP contribution is -2.53. The molecule has 0 saturated carbocycles. The van der Waals surface area contributed by atoms with E-state index >= 15 is 0 Å². The van der Waals surface area contributed by atoms with E-state index in [0.29, 0.717) is 13.1 Å². The van der Waals surface area contributed by atoms with Gasteiger partial charge in [-0.3, -0.25) is 19.6 Å². The van der Waals surface area contributed by atoms with Crippen molar-refractivity contribution < 1.29 is 9.59 Å². The molecule has 0 aliphatic carbocycles. The fraction of sp³-hybridized carbons (Fsp3) is 0.562. The van der Waals surface area contributed by atoms with Gasteiger partial charge in [0, 0.05) is 57.7 Å². The van der Waals surface area contributed by atoms with Crippen molar-refractivity contribution in [2.24, 2.45) is 4.99 Å². The Morgan fingerprint density at radius 1 is 1.31 bits per heavy atom. The topological polar surface area (TPSA) is 80.3 Å². The number of nitrogens with one attached hydrogen (secondary N) is 2. The Morgan fingerprint density at radius 3 is 2.65 bits per heavy atom. The number of hydrogen-bond donors (Lipinski definition) is 2. The Kier molecular flexibility index (Phi) is 6.49. The van der Waals surface area contributed by atoms with Crippen LogP contribution in [0.2, 0.25) is 0 Å². The lowest BCUT2D eigenvalue weighted by molar-refractivity contribution is -0.124. The molecule has 0 aromatic carbocycles. The maximum absolute atomic E-state index is 11.6. The molecule has 1 aromatic heterocycles. The average molecular weight is 443 g/mol. The van der Waals surface area contributed by atoms with Crippen LogP contribution < -0.4 is 10.6 Å². The van der Waals surface area contributed by atoms with Crippen LogP contribution in [-0.2, 0) is 11.3 Å². The van der Waals surface area contributed by atoms with Gasteiger partial charge in [-0.1, -0.05) is 0 Å². The summed E-state index contributed by atoms with van der Waals surface area (Å²) in [5.41, 5.74) is 0. The van der Waals surface area contributed by atoms with Gasteiger partial charge in [0.25, 0.3) is 0 Å². The molecule has 0 atom stereocenters. The zero-order valence-corrected chi connectivity index (χ0v) is 17.1. The first-order valence-electron chi connectivity index (χ1n) is 8.57. The van der Waals surface area contributed by atoms with Gasteiger partial charge in [0.1, 0.15) is 0 Å². The highest BCUT2D eigenvalue weighted by Gasteiger charge is 2.28. The van der Waals surface area contributed by atoms with E-state index in [1.807, 2.05) is 0 Å². The van der Waals surface area contributed by atoms with Crippen LogP contribution in [0.15, 0.2) is 20.9 Å². The average Bonchev–Trinajstić information content (AvgIpc) is 3.19. The number of aliphatic imine (C=N–C) groups is 1. The largest absolute Gasteiger partial charge is 0.354 e. The number of piperazine rings is 1. The zero-order chi connectivity index (χ0) is 18.5. The van der Waals surface area contributed by atoms with Crippen LogP contribution in [0, 0.1) is 0 Å². The molecule has 3 amide bonds. The van der Waals surface area contributed by atoms with Crippen LogP contribution >= 0.6 is 27.3 Å². The molecule has 0 radical (unpaired) electrons. The first-order chi connectivity index (χ1) is 12.6. The summed E-state index contributed by atoms with van der Waals surface area (Å²) in [7, 11) is 1.76. The van der Waals surface area contributed by atoms with Crippen molar-refractivity contribution in [2.45, 2.75) is 6.54 Å². The maximum atomic E-state index is 11.6. The van der Waals surface area contributed by atoms with Crippen LogP contribution in [0.1, 0.15) is 4.88 Å². The minimum atomic E-state index is -0.319. The van der Waals surface area contributed by atoms with Gasteiger partial charge in [0.05, 0.1) is 10.3 Å². The van der Waals surface area contributed by atoms with Crippen LogP contribution in [0.3, 0.4) is 0 Å². The quantitative estimate of drug-likeness (QED) is 0.399. The number of rotatable bonds is 5. The van der Waals surface area contributed by atoms with Gasteiger partial charge in [-0.25, -0.2) is 4.79 Å². The van der Waals surface area contributed by atoms with Crippen LogP contribution in [0.25, 0.3) is 0 Å². The number of urea groups is 1. The first-order valence-corrected chi connectivity index (χ1v) is 10.2. The molecule has 142 valence electrons. The van der Waals surface area contributed by atoms with E-state index in [1.165, 1.54) is 13.6 Å². The third-order valence-electron chi connectivity index (χ3n) is 4.45. The van der Waals surface area contributed by atoms with Crippen LogP contribution in [-0.4, -0.2) is 85.5 Å². The van der Waals surface area contributed by atoms with E-state index in [9.17, 15) is 9.59 Å². The summed E-state index contributed by atoms with van der Waals surface area (Å²) in [6.45, 7) is 5.65. The van der Waals surface area contributed by atoms with E-state index in [1.54, 1.807) is 18.4 Å². The van der Waals surface area contributed by atoms with Crippen molar-refractivity contribution in [1.82, 2.24) is 25.3 Å². The third kappa shape index (κ3) is 4.74. The van der Waals surface area contributed by atoms with Crippen LogP contribution in [0.5, 0.6) is 0 Å². The Bertz CT molecular complexity index is 670. The maximum Gasteiger partial charge on any atom is 0.324 e. The molecule has 2 aliphatic heterocycles. The van der Waals surface area contributed by atoms with Gasteiger partial charge in [0.2, 0.25) is 5.91 Å². The number of carbonyl (C=O) groups is 2. The molecule has 0 bridgehead atoms. The normalized spacial score (nSPS) is 19.2. The molecule has 3 rings (SSSR count). The van der Waals surface area contributed by atoms with Crippen molar-refractivity contribution >= 4 is 45.2 Å². The number of thiophene rings is 1. The Hall–Kier alpha value is -1.65. The van der Waals surface area contributed by atoms with E-state index in [0.717, 1.165) is 38.7 Å². The Labute approximate surface area is 165 Å². The van der Waals surface area contributed by atoms with E-state index in [2.05, 4.69) is 53.5 Å². The van der Waals surface area contributed by atoms with Crippen molar-refractivity contribution in [3.8, 4) is 0 Å². The predicted molar refractivity (Wildman–Crippen MR) is 105 cm³/mol. The molecule has 2 saturated heterocycles. The van der Waals surface area contributed by atoms with Gasteiger partial charge >= 0.3 is 6.03 Å². The molecule has 3 heterocycles. The lowest BCUT2D eigenvalue weighted by atomic mass is 10.3. The summed E-state index contributed by atoms with van der Waals surface area (Å²) in [5.74, 6) is 0.635. The highest BCUT2D eigenvalue weighted by atomic mass is 79.9. The fourth-order valence-corrected chi connectivity index (χ4v) is 4.59. The highest BCUT2D eigenvalue weighted by molar-refractivity contribution is 9.11. The molecule has 2 fully saturated rings. The van der Waals surface area contributed by atoms with Crippen molar-refractivity contribution in [2.75, 3.05) is 52.9 Å². The van der Waals surface area contributed by atoms with Crippen molar-refractivity contribution in [3.63, 3.8) is 0 Å². The van der Waals surface area contributed by atoms with Gasteiger partial charge in [-0.15, -0.1) is 11.3 Å². The monoisotopic (exact) mass is 442 g/mol. The van der Waals surface area contributed by atoms with Crippen molar-refractivity contribution in [3.05, 3.63) is 20.8 Å². The molecule has 10 heteroatoms. The third-order valence-corrected chi connectivity index (χ3v) is 6.06. The molecule has 26 heavy (non-hydrogen) atoms. The number of nitrogens with zero attached hydrogens (tertiary/aromatic N) is 4. The second-order valence-electron chi connectivity index (χ2n) is 6.15. The summed E-state index contributed by atoms with van der Waals surface area (Å²) in [4.78, 5) is 34.7. The SMILES string of the molecule is CN=C(NCCN1C(=O)CNC1=O)N1CCN(Cc2ccc(Br)s2)CC1. The van der Waals surface area contributed by atoms with E-state index in [4.69, 9.17) is 0 Å². The Balaban J connectivity index is 1.42. The van der Waals surface area contributed by atoms with Gasteiger partial charge in [-0.2, -0.15) is 0 Å². The molecule has 1 aromatic rings. The van der Waals surface area contributed by atoms with Crippen molar-refractivity contribution in [1.29, 1.82) is 0 Å². The summed E-state index contributed by atoms with van der Waals surface area (Å²) < 4.78 is 1.17. The number of hydrogen-bond acceptors (Lipinski definition) is 5. The Morgan fingerprint density at radius 2 is 2.08 bits per heavy atom. The summed E-state index contributed by atoms with van der Waals surface area (Å²) in [6, 6.07) is 3.94. The predicted octanol–water partition coefficient (Wildman–Crippen LogP) is 0.755. The van der Waals surface area contributed by atoms with Crippen LogP contribution in [0.4, 0.5) is 4.79 Å². The smallest absolute Gasteiger partial charge is 0.324 e. The number of guanidine groups is 1. The summed E-state index contributed by atoms with van der Waals surface area (Å²) in [5, 5.41) is 5.78. The molecule has 2 aliphatic rings. The summed E-state index contributed by atoms with van der Waals surface area (Å²) in [6.07, 6.45) is 0. The summed E-state index contributed by atoms with van der Waals surface area (Å²) >= 11 is 5.29. The number of amides is 3. The number of halogens is 1. The molecular formula is C16H23BrN6O2S. The van der Waals surface area contributed by atoms with Gasteiger partial charge in [-0.05, 0) is 28.1 Å². The number of carbonyl (C=O) groups excluding carboxylic acids is 2. The molecule has 8 nitrogen and oxygen atoms in total. The second kappa shape index (κ2) is 8.83. The van der Waals surface area contributed by atoms with E-state index < -0.39 is 0 Å². The van der Waals surface area contributed by atoms with Gasteiger partial charge in [0.15, 0.2) is 5.96 Å². The highest BCUT2D eigenvalue weighted by Crippen LogP contribution is 2.23. The minimum Gasteiger partial charge on any atom is -0.354 e. The van der Waals surface area contributed by atoms with Gasteiger partial charge < -0.3 is 15.5 Å². The standard InChI is InChI=1S/C16H23BrN6O2S/c1-18-15(19-4-5-23-14(24)10-20-16(23)25)22-8-6-21(7-9-22)11-12-2-3-13(17)26-12/h2-3H,4-11H2,1H3,(H,18,19)(H,20,25). The second-order valence-corrected chi connectivity index (χ2v) is 8.69. The molecule has 0 spiro atoms. The first kappa shape index (κ1) is 19.1. The molecule has 0 unspecified atom stereocenters. The lowest BCUT2D eigenvalue weighted by Gasteiger charge is -2.36. The van der Waals surface area contributed by atoms with E-state index in [-0.39, 0.29) is 18.5 Å².